The zero-order chi connectivity index (χ0) is 18.0. The fourth-order valence-corrected chi connectivity index (χ4v) is 3.68. The zero-order valence-corrected chi connectivity index (χ0v) is 16.6. The molecule has 1 aliphatic carbocycles. The summed E-state index contributed by atoms with van der Waals surface area (Å²) in [6.45, 7) is 7.07. The van der Waals surface area contributed by atoms with Crippen molar-refractivity contribution in [3.8, 4) is 0 Å². The summed E-state index contributed by atoms with van der Waals surface area (Å²) in [6, 6.07) is 6.75. The summed E-state index contributed by atoms with van der Waals surface area (Å²) >= 11 is 3.56. The van der Waals surface area contributed by atoms with Crippen LogP contribution in [-0.4, -0.2) is 29.8 Å². The number of H-pyrrole nitrogens is 1. The van der Waals surface area contributed by atoms with Crippen LogP contribution in [0.2, 0.25) is 0 Å². The van der Waals surface area contributed by atoms with Crippen LogP contribution in [0.5, 0.6) is 0 Å². The molecule has 0 spiro atoms. The van der Waals surface area contributed by atoms with Gasteiger partial charge in [0.25, 0.3) is 0 Å². The number of carbonyl (C=O) groups is 1. The number of alkyl carbamates (subject to hydrolysis) is 1. The Morgan fingerprint density at radius 1 is 1.36 bits per heavy atom. The van der Waals surface area contributed by atoms with E-state index in [9.17, 15) is 4.79 Å². The van der Waals surface area contributed by atoms with Crippen molar-refractivity contribution < 1.29 is 9.53 Å². The number of fused-ring (bicyclic) bond motifs is 3. The van der Waals surface area contributed by atoms with Gasteiger partial charge in [-0.15, -0.1) is 0 Å². The minimum atomic E-state index is -0.451. The second kappa shape index (κ2) is 7.38. The molecule has 136 valence electrons. The number of carbonyl (C=O) groups excluding carboxylic acids is 1. The van der Waals surface area contributed by atoms with Gasteiger partial charge in [-0.05, 0) is 70.3 Å². The van der Waals surface area contributed by atoms with Gasteiger partial charge in [-0.25, -0.2) is 4.79 Å². The Hall–Kier alpha value is -1.53. The Labute approximate surface area is 157 Å². The molecule has 1 unspecified atom stereocenters. The summed E-state index contributed by atoms with van der Waals surface area (Å²) in [5.74, 6) is 0. The molecule has 1 atom stereocenters. The number of nitrogens with one attached hydrogen (secondary N) is 3. The maximum absolute atomic E-state index is 11.6. The lowest BCUT2D eigenvalue weighted by molar-refractivity contribution is 0.0527. The summed E-state index contributed by atoms with van der Waals surface area (Å²) in [5, 5.41) is 7.72. The van der Waals surface area contributed by atoms with Gasteiger partial charge < -0.3 is 20.4 Å². The molecular formula is C19H26BrN3O2. The Morgan fingerprint density at radius 2 is 2.16 bits per heavy atom. The molecule has 1 aromatic heterocycles. The molecule has 3 N–H and O–H groups in total. The number of hydrogen-bond acceptors (Lipinski definition) is 3. The molecule has 0 bridgehead atoms. The standard InChI is InChI=1S/C19H26BrN3O2/c1-19(2,3)25-18(24)22-10-4-9-21-16-8-6-13-14-11-12(20)5-7-15(14)23-17(13)16/h5,7,11,16,21,23H,4,6,8-10H2,1-3H3,(H,22,24). The van der Waals surface area contributed by atoms with Gasteiger partial charge in [-0.1, -0.05) is 15.9 Å². The third kappa shape index (κ3) is 4.55. The predicted molar refractivity (Wildman–Crippen MR) is 104 cm³/mol. The minimum absolute atomic E-state index is 0.350. The molecule has 5 nitrogen and oxygen atoms in total. The number of amides is 1. The van der Waals surface area contributed by atoms with Crippen LogP contribution in [0.4, 0.5) is 4.79 Å². The molecule has 0 fully saturated rings. The van der Waals surface area contributed by atoms with Gasteiger partial charge in [0.2, 0.25) is 0 Å². The van der Waals surface area contributed by atoms with Gasteiger partial charge in [0.05, 0.1) is 0 Å². The number of halogens is 1. The van der Waals surface area contributed by atoms with E-state index in [1.165, 1.54) is 22.2 Å². The molecule has 1 amide bonds. The van der Waals surface area contributed by atoms with Crippen LogP contribution in [-0.2, 0) is 11.2 Å². The Kier molecular flexibility index (Phi) is 5.39. The third-order valence-corrected chi connectivity index (χ3v) is 4.84. The van der Waals surface area contributed by atoms with Crippen LogP contribution >= 0.6 is 15.9 Å². The smallest absolute Gasteiger partial charge is 0.407 e. The fraction of sp³-hybridized carbons (Fsp3) is 0.526. The molecule has 2 aromatic rings. The van der Waals surface area contributed by atoms with Crippen LogP contribution in [0, 0.1) is 0 Å². The van der Waals surface area contributed by atoms with Gasteiger partial charge in [0.1, 0.15) is 5.60 Å². The van der Waals surface area contributed by atoms with E-state index in [1.807, 2.05) is 20.8 Å². The average molecular weight is 408 g/mol. The molecule has 6 heteroatoms. The Morgan fingerprint density at radius 3 is 2.92 bits per heavy atom. The maximum Gasteiger partial charge on any atom is 0.407 e. The molecular weight excluding hydrogens is 382 g/mol. The number of rotatable bonds is 5. The number of aromatic amines is 1. The summed E-state index contributed by atoms with van der Waals surface area (Å²) in [7, 11) is 0. The molecule has 3 rings (SSSR count). The molecule has 0 saturated carbocycles. The SMILES string of the molecule is CC(C)(C)OC(=O)NCCCNC1CCc2c1[nH]c1ccc(Br)cc21. The molecule has 25 heavy (non-hydrogen) atoms. The van der Waals surface area contributed by atoms with Crippen molar-refractivity contribution in [2.75, 3.05) is 13.1 Å². The second-order valence-electron chi connectivity index (χ2n) is 7.53. The van der Waals surface area contributed by atoms with Gasteiger partial charge in [0, 0.05) is 33.7 Å². The van der Waals surface area contributed by atoms with Crippen molar-refractivity contribution in [3.05, 3.63) is 33.9 Å². The van der Waals surface area contributed by atoms with Gasteiger partial charge in [-0.3, -0.25) is 0 Å². The monoisotopic (exact) mass is 407 g/mol. The first kappa shape index (κ1) is 18.3. The van der Waals surface area contributed by atoms with Crippen molar-refractivity contribution in [2.24, 2.45) is 0 Å². The predicted octanol–water partition coefficient (Wildman–Crippen LogP) is 4.42. The Bertz CT molecular complexity index is 764. The normalized spacial score (nSPS) is 16.9. The van der Waals surface area contributed by atoms with Crippen molar-refractivity contribution in [2.45, 2.75) is 51.7 Å². The van der Waals surface area contributed by atoms with Crippen LogP contribution in [0.3, 0.4) is 0 Å². The van der Waals surface area contributed by atoms with Gasteiger partial charge in [0.15, 0.2) is 0 Å². The average Bonchev–Trinajstić information content (AvgIpc) is 3.05. The van der Waals surface area contributed by atoms with E-state index in [1.54, 1.807) is 0 Å². The van der Waals surface area contributed by atoms with E-state index in [4.69, 9.17) is 4.74 Å². The quantitative estimate of drug-likeness (QED) is 0.642. The van der Waals surface area contributed by atoms with Crippen molar-refractivity contribution >= 4 is 32.9 Å². The van der Waals surface area contributed by atoms with Crippen molar-refractivity contribution in [1.82, 2.24) is 15.6 Å². The lowest BCUT2D eigenvalue weighted by Crippen LogP contribution is -2.34. The lowest BCUT2D eigenvalue weighted by Gasteiger charge is -2.19. The molecule has 1 heterocycles. The van der Waals surface area contributed by atoms with E-state index in [0.29, 0.717) is 12.6 Å². The van der Waals surface area contributed by atoms with Gasteiger partial charge >= 0.3 is 6.09 Å². The minimum Gasteiger partial charge on any atom is -0.444 e. The van der Waals surface area contributed by atoms with E-state index in [0.717, 1.165) is 30.3 Å². The molecule has 0 radical (unpaired) electrons. The molecule has 1 aromatic carbocycles. The van der Waals surface area contributed by atoms with Crippen LogP contribution in [0.15, 0.2) is 22.7 Å². The highest BCUT2D eigenvalue weighted by molar-refractivity contribution is 9.10. The van der Waals surface area contributed by atoms with Crippen molar-refractivity contribution in [3.63, 3.8) is 0 Å². The maximum atomic E-state index is 11.6. The highest BCUT2D eigenvalue weighted by Crippen LogP contribution is 2.37. The number of aryl methyl sites for hydroxylation is 1. The molecule has 0 aliphatic heterocycles. The number of hydrogen-bond donors (Lipinski definition) is 3. The van der Waals surface area contributed by atoms with Crippen molar-refractivity contribution in [1.29, 1.82) is 0 Å². The summed E-state index contributed by atoms with van der Waals surface area (Å²) < 4.78 is 6.35. The summed E-state index contributed by atoms with van der Waals surface area (Å²) in [4.78, 5) is 15.2. The van der Waals surface area contributed by atoms with E-state index in [-0.39, 0.29) is 6.09 Å². The number of aromatic nitrogens is 1. The summed E-state index contributed by atoms with van der Waals surface area (Å²) in [6.07, 6.45) is 2.73. The third-order valence-electron chi connectivity index (χ3n) is 4.35. The molecule has 1 aliphatic rings. The fourth-order valence-electron chi connectivity index (χ4n) is 3.31. The van der Waals surface area contributed by atoms with Crippen LogP contribution in [0.25, 0.3) is 10.9 Å². The second-order valence-corrected chi connectivity index (χ2v) is 8.45. The first-order valence-electron chi connectivity index (χ1n) is 8.84. The van der Waals surface area contributed by atoms with Crippen LogP contribution < -0.4 is 10.6 Å². The summed E-state index contributed by atoms with van der Waals surface area (Å²) in [5.41, 5.74) is 3.49. The lowest BCUT2D eigenvalue weighted by atomic mass is 10.1. The van der Waals surface area contributed by atoms with Gasteiger partial charge in [-0.2, -0.15) is 0 Å². The first-order chi connectivity index (χ1) is 11.8. The molecule has 0 saturated heterocycles. The largest absolute Gasteiger partial charge is 0.444 e. The first-order valence-corrected chi connectivity index (χ1v) is 9.63. The topological polar surface area (TPSA) is 66.2 Å². The van der Waals surface area contributed by atoms with E-state index < -0.39 is 5.60 Å². The highest BCUT2D eigenvalue weighted by atomic mass is 79.9. The number of benzene rings is 1. The van der Waals surface area contributed by atoms with Crippen LogP contribution in [0.1, 0.15) is 50.9 Å². The highest BCUT2D eigenvalue weighted by Gasteiger charge is 2.26. The zero-order valence-electron chi connectivity index (χ0n) is 15.0. The Balaban J connectivity index is 1.47. The number of ether oxygens (including phenoxy) is 1. The van der Waals surface area contributed by atoms with E-state index in [2.05, 4.69) is 49.7 Å². The van der Waals surface area contributed by atoms with E-state index >= 15 is 0 Å².